The Kier molecular flexibility index (Phi) is 14.0. The van der Waals surface area contributed by atoms with Crippen LogP contribution < -0.4 is 16.0 Å². The van der Waals surface area contributed by atoms with E-state index in [9.17, 15) is 24.1 Å². The third-order valence-electron chi connectivity index (χ3n) is 18.0. The summed E-state index contributed by atoms with van der Waals surface area (Å²) in [4.78, 5) is 41.7. The van der Waals surface area contributed by atoms with Gasteiger partial charge in [-0.1, -0.05) is 96.5 Å². The Hall–Kier alpha value is -3.30. The molecule has 5 aliphatic rings. The number of aliphatic hydroxyl groups is 1. The number of rotatable bonds is 16. The molecular formula is C53H78N3O7P. The van der Waals surface area contributed by atoms with Crippen LogP contribution in [0.2, 0.25) is 0 Å². The van der Waals surface area contributed by atoms with Crippen molar-refractivity contribution in [3.05, 3.63) is 77.4 Å². The van der Waals surface area contributed by atoms with E-state index < -0.39 is 18.8 Å². The molecule has 2 aromatic rings. The van der Waals surface area contributed by atoms with Gasteiger partial charge in [0, 0.05) is 30.1 Å². The minimum absolute atomic E-state index is 0.0591. The Balaban J connectivity index is 0.907. The smallest absolute Gasteiger partial charge is 0.357 e. The summed E-state index contributed by atoms with van der Waals surface area (Å²) in [6, 6.07) is 17.0. The van der Waals surface area contributed by atoms with Crippen molar-refractivity contribution in [2.24, 2.45) is 50.2 Å². The first-order valence-corrected chi connectivity index (χ1v) is 26.1. The monoisotopic (exact) mass is 900 g/mol. The lowest BCUT2D eigenvalue weighted by atomic mass is 9.33. The quantitative estimate of drug-likeness (QED) is 0.0963. The van der Waals surface area contributed by atoms with E-state index in [1.54, 1.807) is 13.8 Å². The summed E-state index contributed by atoms with van der Waals surface area (Å²) in [7, 11) is -3.54. The van der Waals surface area contributed by atoms with Crippen molar-refractivity contribution in [2.75, 3.05) is 31.6 Å². The van der Waals surface area contributed by atoms with Crippen molar-refractivity contribution in [3.8, 4) is 0 Å². The molecule has 11 heteroatoms. The minimum Gasteiger partial charge on any atom is -0.393 e. The molecule has 0 bridgehead atoms. The summed E-state index contributed by atoms with van der Waals surface area (Å²) in [5.41, 5.74) is 2.60. The van der Waals surface area contributed by atoms with E-state index in [1.165, 1.54) is 5.57 Å². The van der Waals surface area contributed by atoms with Gasteiger partial charge in [-0.25, -0.2) is 0 Å². The predicted molar refractivity (Wildman–Crippen MR) is 254 cm³/mol. The van der Waals surface area contributed by atoms with Gasteiger partial charge in [-0.15, -0.1) is 0 Å². The molecule has 4 saturated carbocycles. The molecule has 0 heterocycles. The largest absolute Gasteiger partial charge is 0.393 e. The van der Waals surface area contributed by atoms with Crippen LogP contribution in [-0.4, -0.2) is 55.1 Å². The second kappa shape index (κ2) is 18.4. The number of nitrogens with one attached hydrogen (secondary N) is 3. The van der Waals surface area contributed by atoms with Gasteiger partial charge < -0.3 is 30.1 Å². The predicted octanol–water partition coefficient (Wildman–Crippen LogP) is 11.0. The molecule has 0 spiro atoms. The van der Waals surface area contributed by atoms with Crippen LogP contribution in [0.1, 0.15) is 150 Å². The second-order valence-electron chi connectivity index (χ2n) is 22.1. The Bertz CT molecular complexity index is 2100. The number of unbranched alkanes of at least 4 members (excludes halogenated alkanes) is 1. The average Bonchev–Trinajstić information content (AvgIpc) is 3.25. The van der Waals surface area contributed by atoms with E-state index >= 15 is 0 Å². The molecule has 4 N–H and O–H groups in total. The number of benzene rings is 2. The number of allylic oxidation sites excluding steroid dienone is 2. The Morgan fingerprint density at radius 3 is 2.11 bits per heavy atom. The third kappa shape index (κ3) is 8.72. The maximum Gasteiger partial charge on any atom is 0.357 e. The number of anilines is 1. The van der Waals surface area contributed by atoms with Crippen molar-refractivity contribution >= 4 is 30.9 Å². The fourth-order valence-corrected chi connectivity index (χ4v) is 15.9. The van der Waals surface area contributed by atoms with E-state index in [2.05, 4.69) is 70.5 Å². The topological polar surface area (TPSA) is 143 Å². The normalized spacial score (nSPS) is 34.8. The lowest BCUT2D eigenvalue weighted by Crippen LogP contribution is -2.66. The zero-order chi connectivity index (χ0) is 46.3. The van der Waals surface area contributed by atoms with Gasteiger partial charge in [0.25, 0.3) is 0 Å². The molecule has 2 amide bonds. The first-order chi connectivity index (χ1) is 30.2. The van der Waals surface area contributed by atoms with E-state index in [4.69, 9.17) is 9.05 Å². The van der Waals surface area contributed by atoms with Crippen LogP contribution in [0, 0.1) is 50.2 Å². The van der Waals surface area contributed by atoms with Gasteiger partial charge in [0.15, 0.2) is 11.6 Å². The lowest BCUT2D eigenvalue weighted by Gasteiger charge is -2.70. The van der Waals surface area contributed by atoms with Crippen molar-refractivity contribution in [1.82, 2.24) is 10.6 Å². The number of hydrogen-bond donors (Lipinski definition) is 4. The summed E-state index contributed by atoms with van der Waals surface area (Å²) < 4.78 is 25.2. The summed E-state index contributed by atoms with van der Waals surface area (Å²) in [6.07, 6.45) is 11.9. The van der Waals surface area contributed by atoms with Crippen LogP contribution in [-0.2, 0) is 34.4 Å². The molecule has 10 nitrogen and oxygen atoms in total. The van der Waals surface area contributed by atoms with Gasteiger partial charge in [-0.05, 0) is 153 Å². The molecule has 2 aromatic carbocycles. The van der Waals surface area contributed by atoms with Crippen LogP contribution in [0.4, 0.5) is 5.69 Å². The highest BCUT2D eigenvalue weighted by molar-refractivity contribution is 7.54. The molecule has 64 heavy (non-hydrogen) atoms. The van der Waals surface area contributed by atoms with Crippen LogP contribution in [0.5, 0.6) is 0 Å². The number of fused-ring (bicyclic) bond motifs is 7. The molecular weight excluding hydrogens is 822 g/mol. The Morgan fingerprint density at radius 1 is 0.812 bits per heavy atom. The molecule has 0 saturated heterocycles. The maximum atomic E-state index is 14.7. The van der Waals surface area contributed by atoms with E-state index in [0.29, 0.717) is 19.0 Å². The lowest BCUT2D eigenvalue weighted by molar-refractivity contribution is -0.202. The average molecular weight is 900 g/mol. The van der Waals surface area contributed by atoms with Crippen molar-refractivity contribution in [2.45, 2.75) is 151 Å². The number of carbonyl (C=O) groups excluding carboxylic acids is 3. The summed E-state index contributed by atoms with van der Waals surface area (Å²) in [5, 5.41) is 20.8. The van der Waals surface area contributed by atoms with E-state index in [1.807, 2.05) is 54.6 Å². The highest BCUT2D eigenvalue weighted by atomic mass is 31.2. The molecule has 7 rings (SSSR count). The first kappa shape index (κ1) is 48.6. The number of amides is 2. The SMILES string of the molecule is CCOP(=O)(OCC)C(Nc1ccc(CC(=O)NCCCCNC(=O)[C@@]2(C)CC[C@]3(C)CC[C@]4(C)C(=CC(=O)[C@@H]5[C@@]6(C)CC[C@H](O)C(C)(C)[C@@H]6CC[C@]54C)[C@@H]3C2)cc1)c1ccccc1. The summed E-state index contributed by atoms with van der Waals surface area (Å²) in [5.74, 6) is 0.0470. The van der Waals surface area contributed by atoms with Crippen LogP contribution in [0.3, 0.4) is 0 Å². The molecule has 1 unspecified atom stereocenters. The van der Waals surface area contributed by atoms with Gasteiger partial charge in [0.05, 0.1) is 25.7 Å². The first-order valence-electron chi connectivity index (χ1n) is 24.5. The molecule has 0 radical (unpaired) electrons. The van der Waals surface area contributed by atoms with Gasteiger partial charge in [0.2, 0.25) is 11.8 Å². The Morgan fingerprint density at radius 2 is 1.45 bits per heavy atom. The molecule has 5 aliphatic carbocycles. The maximum absolute atomic E-state index is 14.7. The molecule has 352 valence electrons. The van der Waals surface area contributed by atoms with E-state index in [-0.39, 0.29) is 82.2 Å². The van der Waals surface area contributed by atoms with E-state index in [0.717, 1.165) is 87.4 Å². The van der Waals surface area contributed by atoms with Gasteiger partial charge in [0.1, 0.15) is 0 Å². The zero-order valence-corrected chi connectivity index (χ0v) is 41.2. The number of ketones is 1. The molecule has 4 fully saturated rings. The van der Waals surface area contributed by atoms with Crippen LogP contribution in [0.15, 0.2) is 66.2 Å². The number of aliphatic hydroxyl groups excluding tert-OH is 1. The van der Waals surface area contributed by atoms with Crippen LogP contribution in [0.25, 0.3) is 0 Å². The molecule has 10 atom stereocenters. The van der Waals surface area contributed by atoms with Crippen LogP contribution >= 0.6 is 7.60 Å². The Labute approximate surface area is 383 Å². The fraction of sp³-hybridized carbons (Fsp3) is 0.679. The van der Waals surface area contributed by atoms with Crippen molar-refractivity contribution in [1.29, 1.82) is 0 Å². The highest BCUT2D eigenvalue weighted by Crippen LogP contribution is 2.75. The second-order valence-corrected chi connectivity index (χ2v) is 24.3. The van der Waals surface area contributed by atoms with Gasteiger partial charge in [-0.3, -0.25) is 18.9 Å². The van der Waals surface area contributed by atoms with Crippen molar-refractivity contribution < 1.29 is 33.1 Å². The standard InChI is InChI=1S/C53H78N3O7P/c1-10-62-64(61,63-11-2)46(37-17-13-12-14-18-37)56-38-21-19-36(20-22-38)33-44(59)54-31-15-16-32-55-47(60)50(6)28-27-49(5)29-30-52(8)39(40(49)35-50)34-41(57)45-51(7)25-24-43(58)48(3,4)42(51)23-26-53(45,52)9/h12-14,17-22,34,40,42-43,45-46,56,58H,10-11,15-16,23-33,35H2,1-9H3,(H,54,59)(H,55,60)/t40-,42-,43-,45+,46?,49+,50-,51-,52+,53+/m0/s1. The molecule has 0 aromatic heterocycles. The highest BCUT2D eigenvalue weighted by Gasteiger charge is 2.70. The van der Waals surface area contributed by atoms with Gasteiger partial charge >= 0.3 is 7.60 Å². The summed E-state index contributed by atoms with van der Waals surface area (Å²) >= 11 is 0. The third-order valence-corrected chi connectivity index (χ3v) is 20.3. The van der Waals surface area contributed by atoms with Gasteiger partial charge in [-0.2, -0.15) is 0 Å². The fourth-order valence-electron chi connectivity index (χ4n) is 13.9. The van der Waals surface area contributed by atoms with Crippen molar-refractivity contribution in [3.63, 3.8) is 0 Å². The number of hydrogen-bond acceptors (Lipinski definition) is 8. The zero-order valence-electron chi connectivity index (χ0n) is 40.3. The number of carbonyl (C=O) groups is 3. The molecule has 0 aliphatic heterocycles. The minimum atomic E-state index is -3.54. The summed E-state index contributed by atoms with van der Waals surface area (Å²) in [6.45, 7) is 21.4.